The smallest absolute Gasteiger partial charge is 0.287 e. The van der Waals surface area contributed by atoms with Crippen LogP contribution in [0, 0.1) is 12.3 Å². The molecule has 0 aromatic carbocycles. The molecule has 1 spiro atoms. The SMILES string of the molecule is CSc1cc(C)c(C(=O)NC2CCC3(CCNC3)CC2)o1. The van der Waals surface area contributed by atoms with Crippen LogP contribution in [0.3, 0.4) is 0 Å². The summed E-state index contributed by atoms with van der Waals surface area (Å²) in [5.41, 5.74) is 1.43. The number of rotatable bonds is 3. The topological polar surface area (TPSA) is 54.3 Å². The Morgan fingerprint density at radius 1 is 1.43 bits per heavy atom. The molecule has 0 bridgehead atoms. The highest BCUT2D eigenvalue weighted by Gasteiger charge is 2.38. The lowest BCUT2D eigenvalue weighted by Gasteiger charge is -2.36. The van der Waals surface area contributed by atoms with Crippen molar-refractivity contribution in [3.63, 3.8) is 0 Å². The van der Waals surface area contributed by atoms with Crippen LogP contribution < -0.4 is 10.6 Å². The summed E-state index contributed by atoms with van der Waals surface area (Å²) >= 11 is 1.53. The molecule has 1 aromatic rings. The highest BCUT2D eigenvalue weighted by Crippen LogP contribution is 2.41. The zero-order valence-electron chi connectivity index (χ0n) is 12.8. The number of carbonyl (C=O) groups excluding carboxylic acids is 1. The van der Waals surface area contributed by atoms with E-state index in [2.05, 4.69) is 10.6 Å². The van der Waals surface area contributed by atoms with Gasteiger partial charge in [0.1, 0.15) is 0 Å². The summed E-state index contributed by atoms with van der Waals surface area (Å²) in [5.74, 6) is 0.417. The molecule has 3 rings (SSSR count). The van der Waals surface area contributed by atoms with E-state index in [0.717, 1.165) is 36.6 Å². The molecule has 1 aliphatic carbocycles. The molecule has 2 aliphatic rings. The van der Waals surface area contributed by atoms with E-state index >= 15 is 0 Å². The van der Waals surface area contributed by atoms with Gasteiger partial charge in [-0.1, -0.05) is 11.8 Å². The molecule has 5 heteroatoms. The van der Waals surface area contributed by atoms with Gasteiger partial charge < -0.3 is 15.1 Å². The average molecular weight is 308 g/mol. The van der Waals surface area contributed by atoms with Crippen LogP contribution in [0.25, 0.3) is 0 Å². The van der Waals surface area contributed by atoms with Gasteiger partial charge in [0.05, 0.1) is 0 Å². The van der Waals surface area contributed by atoms with Gasteiger partial charge in [-0.2, -0.15) is 0 Å². The zero-order chi connectivity index (χ0) is 14.9. The minimum atomic E-state index is -0.0571. The Bertz CT molecular complexity index is 510. The number of nitrogens with one attached hydrogen (secondary N) is 2. The quantitative estimate of drug-likeness (QED) is 0.843. The standard InChI is InChI=1S/C16H24N2O2S/c1-11-9-13(21-2)20-14(11)15(19)18-12-3-5-16(6-4-12)7-8-17-10-16/h9,12,17H,3-8,10H2,1-2H3,(H,18,19). The molecular weight excluding hydrogens is 284 g/mol. The molecule has 116 valence electrons. The Morgan fingerprint density at radius 3 is 2.76 bits per heavy atom. The van der Waals surface area contributed by atoms with E-state index in [-0.39, 0.29) is 5.91 Å². The fraction of sp³-hybridized carbons (Fsp3) is 0.688. The van der Waals surface area contributed by atoms with E-state index in [9.17, 15) is 4.79 Å². The van der Waals surface area contributed by atoms with Gasteiger partial charge in [0.15, 0.2) is 10.9 Å². The molecule has 1 saturated heterocycles. The van der Waals surface area contributed by atoms with Crippen LogP contribution >= 0.6 is 11.8 Å². The monoisotopic (exact) mass is 308 g/mol. The van der Waals surface area contributed by atoms with Crippen LogP contribution in [0.2, 0.25) is 0 Å². The number of amides is 1. The van der Waals surface area contributed by atoms with Crippen LogP contribution in [0.4, 0.5) is 0 Å². The second-order valence-corrected chi connectivity index (χ2v) is 7.27. The summed E-state index contributed by atoms with van der Waals surface area (Å²) < 4.78 is 5.60. The second kappa shape index (κ2) is 6.05. The van der Waals surface area contributed by atoms with Crippen molar-refractivity contribution in [1.29, 1.82) is 0 Å². The van der Waals surface area contributed by atoms with Crippen molar-refractivity contribution >= 4 is 17.7 Å². The van der Waals surface area contributed by atoms with Crippen molar-refractivity contribution < 1.29 is 9.21 Å². The summed E-state index contributed by atoms with van der Waals surface area (Å²) in [6.45, 7) is 4.24. The van der Waals surface area contributed by atoms with Crippen molar-refractivity contribution in [2.75, 3.05) is 19.3 Å². The Kier molecular flexibility index (Phi) is 4.31. The van der Waals surface area contributed by atoms with Gasteiger partial charge in [0, 0.05) is 18.2 Å². The van der Waals surface area contributed by atoms with Crippen LogP contribution in [-0.2, 0) is 0 Å². The number of aryl methyl sites for hydroxylation is 1. The Labute approximate surface area is 130 Å². The van der Waals surface area contributed by atoms with Gasteiger partial charge in [-0.05, 0) is 63.3 Å². The van der Waals surface area contributed by atoms with Crippen molar-refractivity contribution in [1.82, 2.24) is 10.6 Å². The summed E-state index contributed by atoms with van der Waals surface area (Å²) in [7, 11) is 0. The number of hydrogen-bond acceptors (Lipinski definition) is 4. The van der Waals surface area contributed by atoms with Crippen molar-refractivity contribution in [3.8, 4) is 0 Å². The Balaban J connectivity index is 1.57. The normalized spacial score (nSPS) is 29.0. The lowest BCUT2D eigenvalue weighted by atomic mass is 9.72. The highest BCUT2D eigenvalue weighted by atomic mass is 32.2. The van der Waals surface area contributed by atoms with E-state index in [1.165, 1.54) is 31.0 Å². The maximum absolute atomic E-state index is 12.3. The maximum Gasteiger partial charge on any atom is 0.287 e. The predicted octanol–water partition coefficient (Wildman–Crippen LogP) is 2.96. The molecule has 0 radical (unpaired) electrons. The Morgan fingerprint density at radius 2 is 2.19 bits per heavy atom. The van der Waals surface area contributed by atoms with Gasteiger partial charge >= 0.3 is 0 Å². The molecule has 1 amide bonds. The van der Waals surface area contributed by atoms with Gasteiger partial charge in [-0.3, -0.25) is 4.79 Å². The number of thioether (sulfide) groups is 1. The molecule has 4 nitrogen and oxygen atoms in total. The zero-order valence-corrected chi connectivity index (χ0v) is 13.6. The van der Waals surface area contributed by atoms with Crippen molar-refractivity contribution in [3.05, 3.63) is 17.4 Å². The molecule has 2 heterocycles. The first-order valence-corrected chi connectivity index (χ1v) is 9.00. The lowest BCUT2D eigenvalue weighted by Crippen LogP contribution is -2.41. The fourth-order valence-corrected chi connectivity index (χ4v) is 4.09. The van der Waals surface area contributed by atoms with E-state index in [1.54, 1.807) is 0 Å². The van der Waals surface area contributed by atoms with Crippen LogP contribution in [0.5, 0.6) is 0 Å². The van der Waals surface area contributed by atoms with Gasteiger partial charge in [0.2, 0.25) is 0 Å². The van der Waals surface area contributed by atoms with E-state index in [1.807, 2.05) is 19.2 Å². The molecule has 2 N–H and O–H groups in total. The summed E-state index contributed by atoms with van der Waals surface area (Å²) in [4.78, 5) is 12.3. The molecule has 1 aliphatic heterocycles. The summed E-state index contributed by atoms with van der Waals surface area (Å²) in [5, 5.41) is 7.44. The van der Waals surface area contributed by atoms with E-state index < -0.39 is 0 Å². The molecule has 2 fully saturated rings. The van der Waals surface area contributed by atoms with Crippen LogP contribution in [0.15, 0.2) is 15.6 Å². The minimum absolute atomic E-state index is 0.0571. The number of furan rings is 1. The van der Waals surface area contributed by atoms with Gasteiger partial charge in [-0.25, -0.2) is 0 Å². The predicted molar refractivity (Wildman–Crippen MR) is 84.9 cm³/mol. The molecule has 1 aromatic heterocycles. The third kappa shape index (κ3) is 3.14. The van der Waals surface area contributed by atoms with Gasteiger partial charge in [0.25, 0.3) is 5.91 Å². The molecule has 21 heavy (non-hydrogen) atoms. The second-order valence-electron chi connectivity index (χ2n) is 6.46. The third-order valence-electron chi connectivity index (χ3n) is 5.02. The number of hydrogen-bond donors (Lipinski definition) is 2. The fourth-order valence-electron chi connectivity index (χ4n) is 3.63. The minimum Gasteiger partial charge on any atom is -0.444 e. The van der Waals surface area contributed by atoms with Crippen LogP contribution in [-0.4, -0.2) is 31.3 Å². The lowest BCUT2D eigenvalue weighted by molar-refractivity contribution is 0.0870. The maximum atomic E-state index is 12.3. The summed E-state index contributed by atoms with van der Waals surface area (Å²) in [6.07, 6.45) is 7.86. The van der Waals surface area contributed by atoms with Crippen molar-refractivity contribution in [2.45, 2.75) is 50.2 Å². The van der Waals surface area contributed by atoms with E-state index in [0.29, 0.717) is 17.2 Å². The molecule has 1 saturated carbocycles. The largest absolute Gasteiger partial charge is 0.444 e. The summed E-state index contributed by atoms with van der Waals surface area (Å²) in [6, 6.07) is 2.23. The first-order valence-electron chi connectivity index (χ1n) is 7.78. The highest BCUT2D eigenvalue weighted by molar-refractivity contribution is 7.98. The third-order valence-corrected chi connectivity index (χ3v) is 5.62. The molecular formula is C16H24N2O2S. The molecule has 0 atom stereocenters. The average Bonchev–Trinajstić information content (AvgIpc) is 3.09. The molecule has 0 unspecified atom stereocenters. The van der Waals surface area contributed by atoms with E-state index in [4.69, 9.17) is 4.42 Å². The van der Waals surface area contributed by atoms with Crippen molar-refractivity contribution in [2.24, 2.45) is 5.41 Å². The first kappa shape index (κ1) is 15.0. The van der Waals surface area contributed by atoms with Crippen LogP contribution in [0.1, 0.15) is 48.2 Å². The van der Waals surface area contributed by atoms with Gasteiger partial charge in [-0.15, -0.1) is 0 Å². The first-order chi connectivity index (χ1) is 10.1. The Hall–Kier alpha value is -0.940. The number of carbonyl (C=O) groups is 1.